The zero-order chi connectivity index (χ0) is 73.8. The van der Waals surface area contributed by atoms with E-state index in [0.717, 1.165) is 43.6 Å². The van der Waals surface area contributed by atoms with Crippen LogP contribution in [0, 0.1) is 0 Å². The second-order valence-electron chi connectivity index (χ2n) is 25.5. The van der Waals surface area contributed by atoms with Gasteiger partial charge in [-0.2, -0.15) is 0 Å². The van der Waals surface area contributed by atoms with E-state index >= 15 is 0 Å². The van der Waals surface area contributed by atoms with Crippen LogP contribution in [-0.2, 0) is 87.1 Å². The summed E-state index contributed by atoms with van der Waals surface area (Å²) in [6, 6.07) is 55.8. The van der Waals surface area contributed by atoms with E-state index in [0.29, 0.717) is 93.3 Å². The number of para-hydroxylation sites is 4. The van der Waals surface area contributed by atoms with Gasteiger partial charge in [-0.3, -0.25) is 18.3 Å². The zero-order valence-electron chi connectivity index (χ0n) is 56.9. The Bertz CT molecular complexity index is 5550. The molecule has 0 aliphatic carbocycles. The van der Waals surface area contributed by atoms with Gasteiger partial charge in [-0.1, -0.05) is 146 Å². The van der Waals surface area contributed by atoms with Crippen LogP contribution in [-0.4, -0.2) is 92.2 Å². The fourth-order valence-electron chi connectivity index (χ4n) is 14.0. The minimum absolute atomic E-state index is 0.336. The number of nitrogens with zero attached hydrogens (tertiary/aromatic N) is 9. The predicted octanol–water partition coefficient (Wildman–Crippen LogP) is 5.76. The molecule has 0 saturated heterocycles. The van der Waals surface area contributed by atoms with Crippen LogP contribution in [0.3, 0.4) is 0 Å². The molecule has 28 nitrogen and oxygen atoms in total. The third kappa shape index (κ3) is 12.7. The van der Waals surface area contributed by atoms with Crippen LogP contribution in [0.1, 0.15) is 0 Å². The van der Waals surface area contributed by atoms with Crippen LogP contribution >= 0.6 is 29.5 Å². The molecule has 4 atom stereocenters. The van der Waals surface area contributed by atoms with E-state index in [1.54, 1.807) is 146 Å². The number of hydrogen-bond acceptors (Lipinski definition) is 19. The van der Waals surface area contributed by atoms with Gasteiger partial charge < -0.3 is 27.6 Å². The molecule has 0 amide bonds. The van der Waals surface area contributed by atoms with Gasteiger partial charge in [0.2, 0.25) is 0 Å². The summed E-state index contributed by atoms with van der Waals surface area (Å²) in [4.78, 5) is 129. The normalized spacial score (nSPS) is 18.3. The average Bonchev–Trinajstić information content (AvgIpc) is 0.756. The maximum absolute atomic E-state index is 15.0. The molecule has 4 aliphatic heterocycles. The van der Waals surface area contributed by atoms with E-state index in [2.05, 4.69) is 0 Å². The van der Waals surface area contributed by atoms with E-state index < -0.39 is 159 Å². The molecule has 3 aromatic heterocycles. The van der Waals surface area contributed by atoms with Crippen LogP contribution in [0.2, 0.25) is 0 Å². The van der Waals surface area contributed by atoms with E-state index in [1.807, 2.05) is 48.5 Å². The number of ether oxygens (including phenoxy) is 2. The second-order valence-corrected chi connectivity index (χ2v) is 35.4. The molecular formula is C74H67N9O19P4. The summed E-state index contributed by atoms with van der Waals surface area (Å²) in [5.41, 5.74) is -4.24. The van der Waals surface area contributed by atoms with Crippen LogP contribution < -0.4 is 90.5 Å². The lowest BCUT2D eigenvalue weighted by Crippen LogP contribution is -2.55. The minimum Gasteiger partial charge on any atom is -0.439 e. The summed E-state index contributed by atoms with van der Waals surface area (Å²) in [6.45, 7) is -5.54. The number of rotatable bonds is 24. The van der Waals surface area contributed by atoms with Crippen LogP contribution in [0.15, 0.2) is 237 Å². The van der Waals surface area contributed by atoms with Crippen molar-refractivity contribution >= 4 is 50.7 Å². The Labute approximate surface area is 601 Å². The maximum Gasteiger partial charge on any atom is 0.336 e. The van der Waals surface area contributed by atoms with Crippen molar-refractivity contribution in [2.24, 2.45) is 7.05 Å². The number of benzene rings is 8. The Morgan fingerprint density at radius 3 is 0.651 bits per heavy atom. The Morgan fingerprint density at radius 1 is 0.245 bits per heavy atom. The van der Waals surface area contributed by atoms with Gasteiger partial charge in [-0.25, -0.2) is 84.3 Å². The Balaban J connectivity index is 0.648. The Kier molecular flexibility index (Phi) is 19.0. The van der Waals surface area contributed by atoms with Gasteiger partial charge in [0.1, 0.15) is 23.0 Å². The van der Waals surface area contributed by atoms with Crippen molar-refractivity contribution in [2.75, 3.05) is 51.1 Å². The van der Waals surface area contributed by atoms with Gasteiger partial charge in [0.05, 0.1) is 98.5 Å². The van der Waals surface area contributed by atoms with Gasteiger partial charge in [0.25, 0.3) is 29.5 Å². The van der Waals surface area contributed by atoms with Gasteiger partial charge in [0, 0.05) is 55.5 Å². The third-order valence-corrected chi connectivity index (χ3v) is 29.0. The molecule has 0 spiro atoms. The highest BCUT2D eigenvalue weighted by Crippen LogP contribution is 2.58. The number of aromatic nitrogens is 9. The van der Waals surface area contributed by atoms with Crippen LogP contribution in [0.5, 0.6) is 23.0 Å². The van der Waals surface area contributed by atoms with Gasteiger partial charge in [0.15, 0.2) is 0 Å². The topological polar surface area (TPSA) is 322 Å². The first-order chi connectivity index (χ1) is 51.2. The van der Waals surface area contributed by atoms with Gasteiger partial charge in [-0.15, -0.1) is 0 Å². The molecule has 8 aromatic carbocycles. The number of hydrogen-bond donors (Lipinski definition) is 0. The van der Waals surface area contributed by atoms with Crippen molar-refractivity contribution in [1.29, 1.82) is 0 Å². The molecule has 0 N–H and O–H groups in total. The molecule has 0 fully saturated rings. The SMILES string of the molecule is Cn1c(=O)n(CCOCCn2c(=O)n(CCP3(=O)Oc4ccccc4-c4ccccc43)c(=O)n(CCP3(=O)Oc4ccccc4-c4ccccc43)c2=O)c(=O)n(CCOCCn2c(=O)n(CCP3(=O)Oc4ccccc4-c4ccccc43)c(=O)n(CCP3(=O)Oc4ccccc4-c4ccccc43)c2=O)c1=O. The summed E-state index contributed by atoms with van der Waals surface area (Å²) in [5.74, 6) is 1.35. The molecule has 0 saturated carbocycles. The first kappa shape index (κ1) is 70.7. The number of fused-ring (bicyclic) bond motifs is 12. The fraction of sp³-hybridized carbons (Fsp3) is 0.230. The molecule has 106 heavy (non-hydrogen) atoms. The van der Waals surface area contributed by atoms with E-state index in [9.17, 15) is 61.4 Å². The summed E-state index contributed by atoms with van der Waals surface area (Å²) in [6.07, 6.45) is -1.44. The highest BCUT2D eigenvalue weighted by molar-refractivity contribution is 7.69. The van der Waals surface area contributed by atoms with E-state index in [-0.39, 0.29) is 24.6 Å². The highest BCUT2D eigenvalue weighted by Gasteiger charge is 2.41. The molecular weight excluding hydrogens is 1440 g/mol. The van der Waals surface area contributed by atoms with Crippen molar-refractivity contribution in [3.8, 4) is 67.5 Å². The van der Waals surface area contributed by atoms with Crippen LogP contribution in [0.25, 0.3) is 44.5 Å². The van der Waals surface area contributed by atoms with Crippen molar-refractivity contribution in [3.63, 3.8) is 0 Å². The van der Waals surface area contributed by atoms with E-state index in [1.165, 1.54) is 0 Å². The molecule has 0 radical (unpaired) electrons. The third-order valence-electron chi connectivity index (χ3n) is 19.4. The van der Waals surface area contributed by atoms with Gasteiger partial charge >= 0.3 is 51.2 Å². The molecule has 0 bridgehead atoms. The fourth-order valence-corrected chi connectivity index (χ4v) is 23.0. The lowest BCUT2D eigenvalue weighted by atomic mass is 10.0. The largest absolute Gasteiger partial charge is 0.439 e. The Hall–Kier alpha value is -11.0. The summed E-state index contributed by atoms with van der Waals surface area (Å²) in [7, 11) is -14.3. The summed E-state index contributed by atoms with van der Waals surface area (Å²) in [5, 5.41) is 1.47. The predicted molar refractivity (Wildman–Crippen MR) is 399 cm³/mol. The smallest absolute Gasteiger partial charge is 0.336 e. The Morgan fingerprint density at radius 2 is 0.425 bits per heavy atom. The van der Waals surface area contributed by atoms with Crippen molar-refractivity contribution in [3.05, 3.63) is 288 Å². The monoisotopic (exact) mass is 1510 g/mol. The van der Waals surface area contributed by atoms with Crippen LogP contribution in [0.4, 0.5) is 0 Å². The molecule has 7 heterocycles. The molecule has 4 aliphatic rings. The van der Waals surface area contributed by atoms with Crippen molar-refractivity contribution < 1.29 is 45.8 Å². The maximum atomic E-state index is 15.0. The highest BCUT2D eigenvalue weighted by atomic mass is 31.2. The molecule has 11 aromatic rings. The first-order valence-electron chi connectivity index (χ1n) is 34.0. The van der Waals surface area contributed by atoms with Crippen molar-refractivity contribution in [2.45, 2.75) is 52.4 Å². The standard InChI is InChI=1S/C74H67N9O19P4/c1-75-66(84)76(34-42-97-44-36-78-69(87)80(38-46-103(93)62-30-14-6-22-54(62)50-18-2-10-26-58(50)99-103)73(91)81(70(78)88)39-47-104(94)63-31-15-7-23-55(63)51-19-3-11-27-59(51)100-104)68(86)77(67(75)85)35-43-98-45-37-79-71(89)82(40-48-105(95)64-32-16-8-24-56(64)52-20-4-12-28-60(52)101-105)74(92)83(72(79)90)41-49-106(96)65-33-17-9-25-57(65)53-21-5-13-29-61(53)102-106/h2-33H,34-49H2,1H3. The summed E-state index contributed by atoms with van der Waals surface area (Å²) >= 11 is 0. The lowest BCUT2D eigenvalue weighted by molar-refractivity contribution is 0.108. The quantitative estimate of drug-likeness (QED) is 0.0512. The zero-order valence-corrected chi connectivity index (χ0v) is 60.4. The average molecular weight is 1510 g/mol. The van der Waals surface area contributed by atoms with Crippen molar-refractivity contribution in [1.82, 2.24) is 41.1 Å². The summed E-state index contributed by atoms with van der Waals surface area (Å²) < 4.78 is 103. The minimum atomic E-state index is -3.87. The van der Waals surface area contributed by atoms with E-state index in [4.69, 9.17) is 27.6 Å². The first-order valence-corrected chi connectivity index (χ1v) is 41.3. The molecule has 4 unspecified atom stereocenters. The van der Waals surface area contributed by atoms with Gasteiger partial charge in [-0.05, 0) is 70.8 Å². The lowest BCUT2D eigenvalue weighted by Gasteiger charge is -2.29. The second kappa shape index (κ2) is 28.5. The molecule has 15 rings (SSSR count). The molecule has 32 heteroatoms. The molecule has 542 valence electrons.